The molecule has 4 rings (SSSR count). The summed E-state index contributed by atoms with van der Waals surface area (Å²) >= 11 is 0. The molecule has 0 saturated heterocycles. The highest BCUT2D eigenvalue weighted by molar-refractivity contribution is 5.99. The molecule has 3 aromatic carbocycles. The largest absolute Gasteiger partial charge is 0.0721 e. The van der Waals surface area contributed by atoms with E-state index in [0.717, 1.165) is 0 Å². The van der Waals surface area contributed by atoms with Gasteiger partial charge in [-0.25, -0.2) is 0 Å². The Balaban J connectivity index is 1.85. The third-order valence-electron chi connectivity index (χ3n) is 4.78. The van der Waals surface area contributed by atoms with Crippen LogP contribution in [0.2, 0.25) is 0 Å². The molecule has 0 heterocycles. The monoisotopic (exact) mass is 297 g/mol. The molecule has 0 fully saturated rings. The standard InChI is InChI=1S/C23H21/c1-2-3-8-18-15-16-23-20(18)12-7-14-22(23)21-13-6-10-17-9-4-5-11-19(17)21/h4-7,9-16H,2-3,8H2,1H3. The highest BCUT2D eigenvalue weighted by Crippen LogP contribution is 2.40. The van der Waals surface area contributed by atoms with Gasteiger partial charge in [-0.2, -0.15) is 0 Å². The van der Waals surface area contributed by atoms with Crippen molar-refractivity contribution in [2.75, 3.05) is 0 Å². The highest BCUT2D eigenvalue weighted by Gasteiger charge is 2.20. The van der Waals surface area contributed by atoms with Crippen LogP contribution >= 0.6 is 0 Å². The Bertz CT molecular complexity index is 865. The van der Waals surface area contributed by atoms with Crippen molar-refractivity contribution in [3.05, 3.63) is 83.8 Å². The minimum atomic E-state index is 1.18. The van der Waals surface area contributed by atoms with Crippen molar-refractivity contribution in [1.82, 2.24) is 0 Å². The van der Waals surface area contributed by atoms with Crippen molar-refractivity contribution in [2.24, 2.45) is 0 Å². The summed E-state index contributed by atoms with van der Waals surface area (Å²) in [7, 11) is 0. The van der Waals surface area contributed by atoms with Gasteiger partial charge in [0.15, 0.2) is 0 Å². The number of fused-ring (bicyclic) bond motifs is 2. The van der Waals surface area contributed by atoms with E-state index < -0.39 is 0 Å². The summed E-state index contributed by atoms with van der Waals surface area (Å²) in [5.74, 6) is 1.49. The maximum Gasteiger partial charge on any atom is 0.0273 e. The molecular weight excluding hydrogens is 276 g/mol. The molecule has 0 saturated carbocycles. The molecule has 0 aliphatic heterocycles. The lowest BCUT2D eigenvalue weighted by Crippen LogP contribution is -1.95. The van der Waals surface area contributed by atoms with E-state index in [-0.39, 0.29) is 0 Å². The highest BCUT2D eigenvalue weighted by atomic mass is 14.2. The van der Waals surface area contributed by atoms with Gasteiger partial charge in [0.25, 0.3) is 0 Å². The Morgan fingerprint density at radius 1 is 0.696 bits per heavy atom. The number of unbranched alkanes of at least 4 members (excludes halogenated alkanes) is 1. The fraction of sp³-hybridized carbons (Fsp3) is 0.174. The number of hydrogen-bond donors (Lipinski definition) is 0. The molecule has 0 nitrogen and oxygen atoms in total. The van der Waals surface area contributed by atoms with E-state index in [2.05, 4.69) is 79.7 Å². The van der Waals surface area contributed by atoms with Crippen LogP contribution in [-0.2, 0) is 0 Å². The second-order valence-electron chi connectivity index (χ2n) is 6.26. The van der Waals surface area contributed by atoms with Crippen molar-refractivity contribution in [3.63, 3.8) is 0 Å². The van der Waals surface area contributed by atoms with Gasteiger partial charge in [-0.3, -0.25) is 0 Å². The minimum absolute atomic E-state index is 1.18. The van der Waals surface area contributed by atoms with Crippen LogP contribution in [0.4, 0.5) is 0 Å². The lowest BCUT2D eigenvalue weighted by atomic mass is 9.90. The Hall–Kier alpha value is -2.34. The van der Waals surface area contributed by atoms with E-state index in [1.54, 1.807) is 0 Å². The van der Waals surface area contributed by atoms with Gasteiger partial charge in [0.1, 0.15) is 0 Å². The van der Waals surface area contributed by atoms with Crippen molar-refractivity contribution in [3.8, 4) is 11.1 Å². The summed E-state index contributed by atoms with van der Waals surface area (Å²) in [6, 6.07) is 22.0. The number of hydrogen-bond acceptors (Lipinski definition) is 0. The van der Waals surface area contributed by atoms with Gasteiger partial charge in [-0.15, -0.1) is 0 Å². The first-order chi connectivity index (χ1) is 11.4. The maximum absolute atomic E-state index is 2.31. The molecule has 1 aliphatic carbocycles. The number of allylic oxidation sites excluding steroid dienone is 1. The molecule has 0 bridgehead atoms. The van der Waals surface area contributed by atoms with Crippen LogP contribution in [-0.4, -0.2) is 0 Å². The van der Waals surface area contributed by atoms with Gasteiger partial charge in [0, 0.05) is 5.92 Å². The molecule has 0 N–H and O–H groups in total. The Labute approximate surface area is 138 Å². The molecule has 0 heteroatoms. The van der Waals surface area contributed by atoms with Crippen LogP contribution in [0, 0.1) is 5.92 Å². The zero-order valence-corrected chi connectivity index (χ0v) is 13.5. The lowest BCUT2D eigenvalue weighted by molar-refractivity contribution is 0.764. The smallest absolute Gasteiger partial charge is 0.0273 e. The molecule has 0 spiro atoms. The van der Waals surface area contributed by atoms with Crippen LogP contribution in [0.3, 0.4) is 0 Å². The van der Waals surface area contributed by atoms with Gasteiger partial charge in [0.2, 0.25) is 0 Å². The summed E-state index contributed by atoms with van der Waals surface area (Å²) in [6.07, 6.45) is 8.30. The van der Waals surface area contributed by atoms with Gasteiger partial charge in [-0.1, -0.05) is 92.6 Å². The molecule has 1 radical (unpaired) electrons. The summed E-state index contributed by atoms with van der Waals surface area (Å²) in [6.45, 7) is 2.26. The van der Waals surface area contributed by atoms with E-state index >= 15 is 0 Å². The van der Waals surface area contributed by atoms with Crippen LogP contribution in [0.25, 0.3) is 28.0 Å². The van der Waals surface area contributed by atoms with Gasteiger partial charge in [-0.05, 0) is 39.4 Å². The topological polar surface area (TPSA) is 0 Å². The SMILES string of the molecule is CCCC[C]1C=Cc2c1cccc2-c1cccc2ccccc12. The van der Waals surface area contributed by atoms with Crippen molar-refractivity contribution >= 4 is 16.8 Å². The second-order valence-corrected chi connectivity index (χ2v) is 6.26. The quantitative estimate of drug-likeness (QED) is 0.506. The molecule has 113 valence electrons. The summed E-state index contributed by atoms with van der Waals surface area (Å²) in [5, 5.41) is 2.64. The second kappa shape index (κ2) is 6.04. The predicted octanol–water partition coefficient (Wildman–Crippen LogP) is 6.65. The number of benzene rings is 3. The average Bonchev–Trinajstić information content (AvgIpc) is 3.02. The fourth-order valence-corrected chi connectivity index (χ4v) is 3.58. The summed E-state index contributed by atoms with van der Waals surface area (Å²) < 4.78 is 0. The van der Waals surface area contributed by atoms with Crippen LogP contribution in [0.5, 0.6) is 0 Å². The lowest BCUT2D eigenvalue weighted by Gasteiger charge is -2.14. The Kier molecular flexibility index (Phi) is 3.75. The van der Waals surface area contributed by atoms with E-state index in [1.807, 2.05) is 0 Å². The molecular formula is C23H21. The van der Waals surface area contributed by atoms with E-state index in [4.69, 9.17) is 0 Å². The molecule has 3 aromatic rings. The first-order valence-electron chi connectivity index (χ1n) is 8.54. The Morgan fingerprint density at radius 3 is 2.35 bits per heavy atom. The predicted molar refractivity (Wildman–Crippen MR) is 100 cm³/mol. The van der Waals surface area contributed by atoms with Gasteiger partial charge >= 0.3 is 0 Å². The normalized spacial score (nSPS) is 13.6. The average molecular weight is 297 g/mol. The molecule has 23 heavy (non-hydrogen) atoms. The maximum atomic E-state index is 2.31. The molecule has 1 aliphatic rings. The third-order valence-corrected chi connectivity index (χ3v) is 4.78. The zero-order valence-electron chi connectivity index (χ0n) is 13.5. The minimum Gasteiger partial charge on any atom is -0.0721 e. The van der Waals surface area contributed by atoms with Crippen LogP contribution in [0.15, 0.2) is 66.7 Å². The van der Waals surface area contributed by atoms with E-state index in [9.17, 15) is 0 Å². The number of rotatable bonds is 4. The van der Waals surface area contributed by atoms with Crippen molar-refractivity contribution in [1.29, 1.82) is 0 Å². The summed E-state index contributed by atoms with van der Waals surface area (Å²) in [5.41, 5.74) is 5.49. The van der Waals surface area contributed by atoms with Gasteiger partial charge in [0.05, 0.1) is 0 Å². The first kappa shape index (κ1) is 14.3. The first-order valence-corrected chi connectivity index (χ1v) is 8.54. The Morgan fingerprint density at radius 2 is 1.43 bits per heavy atom. The zero-order chi connectivity index (χ0) is 15.6. The fourth-order valence-electron chi connectivity index (χ4n) is 3.58. The molecule has 0 atom stereocenters. The van der Waals surface area contributed by atoms with Crippen molar-refractivity contribution in [2.45, 2.75) is 26.2 Å². The van der Waals surface area contributed by atoms with E-state index in [0.29, 0.717) is 0 Å². The van der Waals surface area contributed by atoms with Crippen LogP contribution < -0.4 is 0 Å². The van der Waals surface area contributed by atoms with Crippen LogP contribution in [0.1, 0.15) is 37.3 Å². The van der Waals surface area contributed by atoms with E-state index in [1.165, 1.54) is 58.2 Å². The van der Waals surface area contributed by atoms with Gasteiger partial charge < -0.3 is 0 Å². The third kappa shape index (κ3) is 2.49. The molecule has 0 unspecified atom stereocenters. The van der Waals surface area contributed by atoms with Crippen molar-refractivity contribution < 1.29 is 0 Å². The summed E-state index contributed by atoms with van der Waals surface area (Å²) in [4.78, 5) is 0. The molecule has 0 aromatic heterocycles. The molecule has 0 amide bonds.